The summed E-state index contributed by atoms with van der Waals surface area (Å²) in [5.41, 5.74) is 4.32. The third-order valence-corrected chi connectivity index (χ3v) is 4.34. The van der Waals surface area contributed by atoms with Crippen LogP contribution in [0.25, 0.3) is 0 Å². The Labute approximate surface area is 116 Å². The summed E-state index contributed by atoms with van der Waals surface area (Å²) in [5.74, 6) is 0.615. The molecule has 0 heterocycles. The Morgan fingerprint density at radius 2 is 1.83 bits per heavy atom. The summed E-state index contributed by atoms with van der Waals surface area (Å²) in [6.45, 7) is 2.26. The molecule has 0 saturated heterocycles. The fourth-order valence-corrected chi connectivity index (χ4v) is 3.14. The van der Waals surface area contributed by atoms with Crippen molar-refractivity contribution in [1.82, 2.24) is 10.7 Å². The monoisotopic (exact) mass is 267 g/mol. The van der Waals surface area contributed by atoms with Gasteiger partial charge in [-0.3, -0.25) is 5.43 Å². The molecular formula is C14H25N3S. The zero-order valence-electron chi connectivity index (χ0n) is 11.4. The molecular weight excluding hydrogens is 242 g/mol. The van der Waals surface area contributed by atoms with Crippen molar-refractivity contribution in [1.29, 1.82) is 0 Å². The molecule has 18 heavy (non-hydrogen) atoms. The molecule has 0 spiro atoms. The highest BCUT2D eigenvalue weighted by atomic mass is 32.1. The van der Waals surface area contributed by atoms with E-state index in [4.69, 9.17) is 12.2 Å². The third kappa shape index (κ3) is 4.23. The van der Waals surface area contributed by atoms with Gasteiger partial charge in [0.05, 0.1) is 0 Å². The van der Waals surface area contributed by atoms with Crippen LogP contribution < -0.4 is 10.7 Å². The van der Waals surface area contributed by atoms with E-state index in [2.05, 4.69) is 22.8 Å². The van der Waals surface area contributed by atoms with Gasteiger partial charge < -0.3 is 5.32 Å². The molecule has 3 nitrogen and oxygen atoms in total. The third-order valence-electron chi connectivity index (χ3n) is 4.13. The van der Waals surface area contributed by atoms with E-state index in [1.165, 1.54) is 57.1 Å². The van der Waals surface area contributed by atoms with Crippen LogP contribution in [0, 0.1) is 5.92 Å². The second-order valence-electron chi connectivity index (χ2n) is 5.67. The molecule has 2 N–H and O–H groups in total. The van der Waals surface area contributed by atoms with Crippen LogP contribution in [-0.4, -0.2) is 16.9 Å². The van der Waals surface area contributed by atoms with Crippen LogP contribution in [0.15, 0.2) is 5.10 Å². The first kappa shape index (κ1) is 13.8. The number of hydrogen-bond acceptors (Lipinski definition) is 2. The first-order chi connectivity index (χ1) is 8.75. The Balaban J connectivity index is 1.74. The molecule has 0 aromatic heterocycles. The molecule has 0 aromatic rings. The van der Waals surface area contributed by atoms with E-state index in [1.807, 2.05) is 0 Å². The molecule has 102 valence electrons. The Morgan fingerprint density at radius 3 is 2.56 bits per heavy atom. The summed E-state index contributed by atoms with van der Waals surface area (Å²) in [4.78, 5) is 0. The highest BCUT2D eigenvalue weighted by molar-refractivity contribution is 7.80. The highest BCUT2D eigenvalue weighted by Crippen LogP contribution is 2.20. The highest BCUT2D eigenvalue weighted by Gasteiger charge is 2.16. The fraction of sp³-hybridized carbons (Fsp3) is 0.857. The van der Waals surface area contributed by atoms with Crippen LogP contribution >= 0.6 is 12.2 Å². The van der Waals surface area contributed by atoms with E-state index in [0.29, 0.717) is 17.1 Å². The summed E-state index contributed by atoms with van der Waals surface area (Å²) < 4.78 is 0. The van der Waals surface area contributed by atoms with E-state index in [-0.39, 0.29) is 0 Å². The van der Waals surface area contributed by atoms with Gasteiger partial charge >= 0.3 is 0 Å². The Hall–Kier alpha value is -0.640. The van der Waals surface area contributed by atoms with Gasteiger partial charge in [-0.15, -0.1) is 0 Å². The molecule has 2 aliphatic carbocycles. The van der Waals surface area contributed by atoms with Gasteiger partial charge in [0.1, 0.15) is 0 Å². The number of rotatable bonds is 2. The van der Waals surface area contributed by atoms with Crippen LogP contribution in [0.4, 0.5) is 0 Å². The molecule has 4 heteroatoms. The van der Waals surface area contributed by atoms with Crippen molar-refractivity contribution in [3.05, 3.63) is 0 Å². The molecule has 0 amide bonds. The molecule has 2 saturated carbocycles. The average Bonchev–Trinajstić information content (AvgIpc) is 2.39. The molecule has 1 unspecified atom stereocenters. The Bertz CT molecular complexity index is 308. The van der Waals surface area contributed by atoms with Crippen molar-refractivity contribution in [2.75, 3.05) is 0 Å². The molecule has 2 aliphatic rings. The minimum atomic E-state index is 0.558. The standard InChI is InChI=1S/C14H25N3S/c1-11-7-5-6-10-13(11)16-17-14(18)15-12-8-3-2-4-9-12/h11-12H,2-10H2,1H3,(H2,15,17,18)/b16-13+. The quantitative estimate of drug-likeness (QED) is 0.595. The van der Waals surface area contributed by atoms with Gasteiger partial charge in [0.2, 0.25) is 0 Å². The lowest BCUT2D eigenvalue weighted by Gasteiger charge is -2.24. The van der Waals surface area contributed by atoms with Crippen molar-refractivity contribution in [3.63, 3.8) is 0 Å². The Morgan fingerprint density at radius 1 is 1.11 bits per heavy atom. The topological polar surface area (TPSA) is 36.4 Å². The van der Waals surface area contributed by atoms with E-state index < -0.39 is 0 Å². The lowest BCUT2D eigenvalue weighted by Crippen LogP contribution is -2.41. The Kier molecular flexibility index (Phi) is 5.42. The fourth-order valence-electron chi connectivity index (χ4n) is 2.92. The van der Waals surface area contributed by atoms with Crippen molar-refractivity contribution >= 4 is 23.0 Å². The predicted molar refractivity (Wildman–Crippen MR) is 80.8 cm³/mol. The molecule has 0 aliphatic heterocycles. The molecule has 0 aromatic carbocycles. The van der Waals surface area contributed by atoms with Crippen LogP contribution in [-0.2, 0) is 0 Å². The number of nitrogens with one attached hydrogen (secondary N) is 2. The molecule has 0 radical (unpaired) electrons. The number of nitrogens with zero attached hydrogens (tertiary/aromatic N) is 1. The number of hydrogen-bond donors (Lipinski definition) is 2. The SMILES string of the molecule is CC1CCCC/C1=N\NC(=S)NC1CCCCC1. The zero-order valence-corrected chi connectivity index (χ0v) is 12.2. The largest absolute Gasteiger partial charge is 0.359 e. The van der Waals surface area contributed by atoms with Gasteiger partial charge in [0, 0.05) is 11.8 Å². The predicted octanol–water partition coefficient (Wildman–Crippen LogP) is 3.35. The lowest BCUT2D eigenvalue weighted by atomic mass is 9.89. The first-order valence-corrected chi connectivity index (χ1v) is 7.79. The molecule has 2 rings (SSSR count). The van der Waals surface area contributed by atoms with Gasteiger partial charge in [0.15, 0.2) is 5.11 Å². The maximum atomic E-state index is 5.31. The summed E-state index contributed by atoms with van der Waals surface area (Å²) in [6, 6.07) is 0.558. The molecule has 1 atom stereocenters. The van der Waals surface area contributed by atoms with Crippen LogP contribution in [0.1, 0.15) is 64.7 Å². The minimum absolute atomic E-state index is 0.558. The second-order valence-corrected chi connectivity index (χ2v) is 6.08. The van der Waals surface area contributed by atoms with E-state index in [1.54, 1.807) is 0 Å². The van der Waals surface area contributed by atoms with Crippen molar-refractivity contribution in [3.8, 4) is 0 Å². The van der Waals surface area contributed by atoms with Crippen molar-refractivity contribution in [2.24, 2.45) is 11.0 Å². The van der Waals surface area contributed by atoms with E-state index in [0.717, 1.165) is 6.42 Å². The maximum absolute atomic E-state index is 5.31. The van der Waals surface area contributed by atoms with Crippen LogP contribution in [0.3, 0.4) is 0 Å². The lowest BCUT2D eigenvalue weighted by molar-refractivity contribution is 0.412. The minimum Gasteiger partial charge on any atom is -0.359 e. The smallest absolute Gasteiger partial charge is 0.187 e. The van der Waals surface area contributed by atoms with Gasteiger partial charge in [-0.05, 0) is 50.2 Å². The van der Waals surface area contributed by atoms with Crippen molar-refractivity contribution in [2.45, 2.75) is 70.8 Å². The molecule has 2 fully saturated rings. The normalized spacial score (nSPS) is 28.1. The van der Waals surface area contributed by atoms with Crippen LogP contribution in [0.5, 0.6) is 0 Å². The zero-order chi connectivity index (χ0) is 12.8. The number of thiocarbonyl (C=S) groups is 1. The average molecular weight is 267 g/mol. The van der Waals surface area contributed by atoms with Gasteiger partial charge in [-0.25, -0.2) is 0 Å². The van der Waals surface area contributed by atoms with Gasteiger partial charge in [-0.1, -0.05) is 32.6 Å². The van der Waals surface area contributed by atoms with E-state index in [9.17, 15) is 0 Å². The maximum Gasteiger partial charge on any atom is 0.187 e. The van der Waals surface area contributed by atoms with E-state index >= 15 is 0 Å². The summed E-state index contributed by atoms with van der Waals surface area (Å²) in [5, 5.41) is 8.58. The van der Waals surface area contributed by atoms with Crippen LogP contribution in [0.2, 0.25) is 0 Å². The summed E-state index contributed by atoms with van der Waals surface area (Å²) in [6.07, 6.45) is 11.5. The van der Waals surface area contributed by atoms with Gasteiger partial charge in [-0.2, -0.15) is 5.10 Å². The first-order valence-electron chi connectivity index (χ1n) is 7.38. The van der Waals surface area contributed by atoms with Crippen molar-refractivity contribution < 1.29 is 0 Å². The summed E-state index contributed by atoms with van der Waals surface area (Å²) in [7, 11) is 0. The number of hydrazone groups is 1. The second kappa shape index (κ2) is 7.07. The molecule has 0 bridgehead atoms. The summed E-state index contributed by atoms with van der Waals surface area (Å²) >= 11 is 5.31. The van der Waals surface area contributed by atoms with Gasteiger partial charge in [0.25, 0.3) is 0 Å².